The van der Waals surface area contributed by atoms with Gasteiger partial charge in [-0.05, 0) is 47.1 Å². The minimum absolute atomic E-state index is 0.0141. The van der Waals surface area contributed by atoms with Gasteiger partial charge in [0.1, 0.15) is 5.69 Å². The number of morpholine rings is 1. The molecule has 0 spiro atoms. The second kappa shape index (κ2) is 8.00. The van der Waals surface area contributed by atoms with Gasteiger partial charge in [-0.25, -0.2) is 0 Å². The number of carbonyl (C=O) groups is 1. The highest BCUT2D eigenvalue weighted by atomic mass is 16.5. The number of hydrogen-bond acceptors (Lipinski definition) is 3. The zero-order chi connectivity index (χ0) is 20.5. The number of nitrogens with one attached hydrogen (secondary N) is 1. The summed E-state index contributed by atoms with van der Waals surface area (Å²) in [5.74, 6) is -0.0141. The van der Waals surface area contributed by atoms with Gasteiger partial charge in [-0.1, -0.05) is 29.8 Å². The molecule has 1 N–H and O–H groups in total. The average molecular weight is 384 g/mol. The van der Waals surface area contributed by atoms with E-state index in [1.165, 1.54) is 16.8 Å². The molecule has 1 aromatic carbocycles. The summed E-state index contributed by atoms with van der Waals surface area (Å²) in [6.07, 6.45) is 0. The van der Waals surface area contributed by atoms with Crippen molar-refractivity contribution in [3.05, 3.63) is 52.3 Å². The molecule has 0 bridgehead atoms. The molecule has 1 amide bonds. The lowest BCUT2D eigenvalue weighted by Crippen LogP contribution is -2.41. The van der Waals surface area contributed by atoms with Crippen molar-refractivity contribution in [2.75, 3.05) is 31.2 Å². The summed E-state index contributed by atoms with van der Waals surface area (Å²) in [5, 5.41) is 3.15. The van der Waals surface area contributed by atoms with Crippen molar-refractivity contribution < 1.29 is 9.53 Å². The highest BCUT2D eigenvalue weighted by Gasteiger charge is 2.28. The third-order valence-corrected chi connectivity index (χ3v) is 5.22. The normalized spacial score (nSPS) is 15.0. The fourth-order valence-corrected chi connectivity index (χ4v) is 3.90. The number of hydrogen-bond donors (Lipinski definition) is 1. The highest BCUT2D eigenvalue weighted by Crippen LogP contribution is 2.32. The molecule has 0 atom stereocenters. The van der Waals surface area contributed by atoms with Gasteiger partial charge in [-0.15, -0.1) is 0 Å². The van der Waals surface area contributed by atoms with Crippen molar-refractivity contribution in [1.82, 2.24) is 9.88 Å². The van der Waals surface area contributed by atoms with E-state index in [1.54, 1.807) is 0 Å². The van der Waals surface area contributed by atoms with Gasteiger partial charge < -0.3 is 19.5 Å². The van der Waals surface area contributed by atoms with Crippen molar-refractivity contribution in [3.63, 3.8) is 0 Å². The molecule has 0 unspecified atom stereocenters. The zero-order valence-electron chi connectivity index (χ0n) is 18.1. The Morgan fingerprint density at radius 2 is 1.68 bits per heavy atom. The molecule has 0 radical (unpaired) electrons. The Kier molecular flexibility index (Phi) is 5.84. The van der Waals surface area contributed by atoms with Crippen LogP contribution >= 0.6 is 0 Å². The number of amides is 1. The molecular formula is C23H33N3O2. The minimum Gasteiger partial charge on any atom is -0.378 e. The highest BCUT2D eigenvalue weighted by molar-refractivity contribution is 5.97. The van der Waals surface area contributed by atoms with Crippen LogP contribution in [0.25, 0.3) is 0 Å². The number of ether oxygens (including phenoxy) is 1. The molecule has 1 aliphatic rings. The summed E-state index contributed by atoms with van der Waals surface area (Å²) in [6, 6.07) is 8.53. The van der Waals surface area contributed by atoms with Gasteiger partial charge in [-0.2, -0.15) is 0 Å². The third-order valence-electron chi connectivity index (χ3n) is 5.22. The summed E-state index contributed by atoms with van der Waals surface area (Å²) in [7, 11) is 0. The standard InChI is InChI=1S/C23H33N3O2/c1-16-7-9-19(10-8-16)15-26-18(3)20(25-11-13-28-14-12-25)17(2)21(26)22(27)24-23(4,5)6/h7-10H,11-15H2,1-6H3,(H,24,27). The van der Waals surface area contributed by atoms with E-state index in [0.717, 1.165) is 43.3 Å². The van der Waals surface area contributed by atoms with Crippen molar-refractivity contribution in [3.8, 4) is 0 Å². The first-order chi connectivity index (χ1) is 13.2. The van der Waals surface area contributed by atoms with Gasteiger partial charge >= 0.3 is 0 Å². The van der Waals surface area contributed by atoms with Crippen LogP contribution in [0.3, 0.4) is 0 Å². The fourth-order valence-electron chi connectivity index (χ4n) is 3.90. The van der Waals surface area contributed by atoms with Crippen molar-refractivity contribution in [1.29, 1.82) is 0 Å². The first kappa shape index (κ1) is 20.5. The maximum absolute atomic E-state index is 13.2. The van der Waals surface area contributed by atoms with E-state index in [9.17, 15) is 4.79 Å². The van der Waals surface area contributed by atoms with E-state index >= 15 is 0 Å². The third kappa shape index (κ3) is 4.41. The number of carbonyl (C=O) groups excluding carboxylic acids is 1. The minimum atomic E-state index is -0.282. The van der Waals surface area contributed by atoms with Crippen LogP contribution < -0.4 is 10.2 Å². The lowest BCUT2D eigenvalue weighted by molar-refractivity contribution is 0.0909. The van der Waals surface area contributed by atoms with Gasteiger partial charge in [0.25, 0.3) is 5.91 Å². The van der Waals surface area contributed by atoms with Gasteiger partial charge in [0.2, 0.25) is 0 Å². The number of aryl methyl sites for hydroxylation is 1. The Morgan fingerprint density at radius 3 is 2.25 bits per heavy atom. The van der Waals surface area contributed by atoms with E-state index in [-0.39, 0.29) is 11.4 Å². The molecule has 1 aliphatic heterocycles. The molecule has 3 rings (SSSR count). The molecule has 28 heavy (non-hydrogen) atoms. The van der Waals surface area contributed by atoms with Crippen LogP contribution in [0.4, 0.5) is 5.69 Å². The number of aromatic nitrogens is 1. The zero-order valence-corrected chi connectivity index (χ0v) is 18.1. The van der Waals surface area contributed by atoms with E-state index in [1.807, 2.05) is 20.8 Å². The van der Waals surface area contributed by atoms with Gasteiger partial charge in [0.15, 0.2) is 0 Å². The molecule has 1 aromatic heterocycles. The molecule has 152 valence electrons. The molecule has 5 heteroatoms. The molecule has 5 nitrogen and oxygen atoms in total. The largest absolute Gasteiger partial charge is 0.378 e. The van der Waals surface area contributed by atoms with Crippen LogP contribution in [0, 0.1) is 20.8 Å². The monoisotopic (exact) mass is 383 g/mol. The Hall–Kier alpha value is -2.27. The van der Waals surface area contributed by atoms with Crippen molar-refractivity contribution in [2.24, 2.45) is 0 Å². The SMILES string of the molecule is Cc1ccc(Cn2c(C)c(N3CCOCC3)c(C)c2C(=O)NC(C)(C)C)cc1. The maximum atomic E-state index is 13.2. The molecule has 2 aromatic rings. The van der Waals surface area contributed by atoms with Crippen LogP contribution in [0.15, 0.2) is 24.3 Å². The van der Waals surface area contributed by atoms with Crippen molar-refractivity contribution >= 4 is 11.6 Å². The number of anilines is 1. The Bertz CT molecular complexity index is 838. The number of nitrogens with zero attached hydrogens (tertiary/aromatic N) is 2. The van der Waals surface area contributed by atoms with Crippen LogP contribution in [0.2, 0.25) is 0 Å². The number of rotatable bonds is 4. The van der Waals surface area contributed by atoms with E-state index < -0.39 is 0 Å². The molecule has 0 saturated carbocycles. The first-order valence-corrected chi connectivity index (χ1v) is 10.1. The van der Waals surface area contributed by atoms with Gasteiger partial charge in [0.05, 0.1) is 18.9 Å². The smallest absolute Gasteiger partial charge is 0.268 e. The second-order valence-electron chi connectivity index (χ2n) is 8.78. The lowest BCUT2D eigenvalue weighted by atomic mass is 10.1. The Morgan fingerprint density at radius 1 is 1.07 bits per heavy atom. The van der Waals surface area contributed by atoms with Crippen LogP contribution in [-0.2, 0) is 11.3 Å². The van der Waals surface area contributed by atoms with Gasteiger partial charge in [0, 0.05) is 36.4 Å². The molecular weight excluding hydrogens is 350 g/mol. The molecule has 0 aliphatic carbocycles. The quantitative estimate of drug-likeness (QED) is 0.873. The fraction of sp³-hybridized carbons (Fsp3) is 0.522. The van der Waals surface area contributed by atoms with Gasteiger partial charge in [-0.3, -0.25) is 4.79 Å². The van der Waals surface area contributed by atoms with E-state index in [0.29, 0.717) is 6.54 Å². The average Bonchev–Trinajstić information content (AvgIpc) is 2.86. The summed E-state index contributed by atoms with van der Waals surface area (Å²) < 4.78 is 7.70. The second-order valence-corrected chi connectivity index (χ2v) is 8.78. The summed E-state index contributed by atoms with van der Waals surface area (Å²) >= 11 is 0. The topological polar surface area (TPSA) is 46.5 Å². The molecule has 2 heterocycles. The summed E-state index contributed by atoms with van der Waals surface area (Å²) in [5.41, 5.74) is 6.28. The van der Waals surface area contributed by atoms with Crippen LogP contribution in [0.1, 0.15) is 53.6 Å². The molecule has 1 saturated heterocycles. The Labute approximate surface area is 168 Å². The Balaban J connectivity index is 2.06. The summed E-state index contributed by atoms with van der Waals surface area (Å²) in [4.78, 5) is 15.6. The lowest BCUT2D eigenvalue weighted by Gasteiger charge is -2.29. The van der Waals surface area contributed by atoms with E-state index in [2.05, 4.69) is 59.8 Å². The maximum Gasteiger partial charge on any atom is 0.268 e. The van der Waals surface area contributed by atoms with Crippen molar-refractivity contribution in [2.45, 2.75) is 53.6 Å². The molecule has 1 fully saturated rings. The number of benzene rings is 1. The summed E-state index contributed by atoms with van der Waals surface area (Å²) in [6.45, 7) is 16.2. The predicted molar refractivity (Wildman–Crippen MR) is 114 cm³/mol. The van der Waals surface area contributed by atoms with Crippen LogP contribution in [-0.4, -0.2) is 42.3 Å². The first-order valence-electron chi connectivity index (χ1n) is 10.1. The predicted octanol–water partition coefficient (Wildman–Crippen LogP) is 3.83. The van der Waals surface area contributed by atoms with Crippen LogP contribution in [0.5, 0.6) is 0 Å². The van der Waals surface area contributed by atoms with E-state index in [4.69, 9.17) is 4.74 Å².